The van der Waals surface area contributed by atoms with E-state index in [9.17, 15) is 13.2 Å². The quantitative estimate of drug-likeness (QED) is 0.703. The van der Waals surface area contributed by atoms with Crippen molar-refractivity contribution in [1.82, 2.24) is 0 Å². The van der Waals surface area contributed by atoms with Gasteiger partial charge < -0.3 is 4.90 Å². The highest BCUT2D eigenvalue weighted by molar-refractivity contribution is 9.10. The molecule has 1 N–H and O–H groups in total. The third-order valence-corrected chi connectivity index (χ3v) is 7.00. The van der Waals surface area contributed by atoms with E-state index in [0.717, 1.165) is 16.8 Å². The summed E-state index contributed by atoms with van der Waals surface area (Å²) in [5.74, 6) is -0.0742. The second-order valence-electron chi connectivity index (χ2n) is 8.23. The van der Waals surface area contributed by atoms with E-state index in [0.29, 0.717) is 16.7 Å². The summed E-state index contributed by atoms with van der Waals surface area (Å²) in [6.45, 7) is 10.3. The average Bonchev–Trinajstić information content (AvgIpc) is 2.87. The molecule has 0 aromatic heterocycles. The zero-order valence-corrected chi connectivity index (χ0v) is 19.1. The molecule has 7 heteroatoms. The summed E-state index contributed by atoms with van der Waals surface area (Å²) in [6, 6.07) is 10.4. The number of amides is 1. The second-order valence-corrected chi connectivity index (χ2v) is 10.8. The summed E-state index contributed by atoms with van der Waals surface area (Å²) in [5.41, 5.74) is 2.85. The Hall–Kier alpha value is -1.86. The molecule has 2 aromatic carbocycles. The summed E-state index contributed by atoms with van der Waals surface area (Å²) in [6.07, 6.45) is 0. The third-order valence-electron chi connectivity index (χ3n) is 4.98. The number of nitrogens with one attached hydrogen (secondary N) is 1. The van der Waals surface area contributed by atoms with Gasteiger partial charge in [0.05, 0.1) is 10.6 Å². The molecule has 0 radical (unpaired) electrons. The van der Waals surface area contributed by atoms with E-state index < -0.39 is 10.0 Å². The van der Waals surface area contributed by atoms with E-state index in [1.165, 1.54) is 0 Å². The normalized spacial score (nSPS) is 15.6. The van der Waals surface area contributed by atoms with Gasteiger partial charge in [0.2, 0.25) is 5.91 Å². The number of aryl methyl sites for hydroxylation is 1. The monoisotopic (exact) mass is 464 g/mol. The van der Waals surface area contributed by atoms with E-state index >= 15 is 0 Å². The van der Waals surface area contributed by atoms with Crippen LogP contribution in [0.15, 0.2) is 45.8 Å². The Bertz CT molecular complexity index is 1050. The van der Waals surface area contributed by atoms with Gasteiger partial charge in [0.25, 0.3) is 10.0 Å². The Morgan fingerprint density at radius 3 is 2.46 bits per heavy atom. The van der Waals surface area contributed by atoms with Gasteiger partial charge >= 0.3 is 0 Å². The number of carbonyl (C=O) groups is 1. The van der Waals surface area contributed by atoms with Gasteiger partial charge in [-0.05, 0) is 64.3 Å². The molecule has 1 aliphatic heterocycles. The minimum atomic E-state index is -3.76. The Morgan fingerprint density at radius 1 is 1.18 bits per heavy atom. The lowest BCUT2D eigenvalue weighted by molar-refractivity contribution is -0.121. The molecule has 0 aliphatic carbocycles. The first-order valence-corrected chi connectivity index (χ1v) is 11.4. The Kier molecular flexibility index (Phi) is 5.36. The van der Waals surface area contributed by atoms with Gasteiger partial charge in [0.15, 0.2) is 0 Å². The van der Waals surface area contributed by atoms with Crippen LogP contribution in [0.25, 0.3) is 0 Å². The number of halogens is 1. The predicted molar refractivity (Wildman–Crippen MR) is 116 cm³/mol. The first-order valence-electron chi connectivity index (χ1n) is 9.17. The van der Waals surface area contributed by atoms with Crippen LogP contribution in [-0.4, -0.2) is 20.9 Å². The number of rotatable bonds is 4. The second kappa shape index (κ2) is 7.19. The highest BCUT2D eigenvalue weighted by Crippen LogP contribution is 2.42. The molecule has 1 heterocycles. The molecule has 0 atom stereocenters. The zero-order chi connectivity index (χ0) is 20.9. The summed E-state index contributed by atoms with van der Waals surface area (Å²) in [7, 11) is -3.76. The highest BCUT2D eigenvalue weighted by atomic mass is 79.9. The Balaban J connectivity index is 2.00. The van der Waals surface area contributed by atoms with E-state index in [2.05, 4.69) is 20.7 Å². The number of carbonyl (C=O) groups excluding carboxylic acids is 1. The lowest BCUT2D eigenvalue weighted by atomic mass is 9.87. The molecule has 1 amide bonds. The third kappa shape index (κ3) is 3.82. The fourth-order valence-electron chi connectivity index (χ4n) is 3.44. The molecule has 3 rings (SSSR count). The van der Waals surface area contributed by atoms with Gasteiger partial charge in [-0.3, -0.25) is 9.52 Å². The number of hydrogen-bond donors (Lipinski definition) is 1. The number of sulfonamides is 1. The smallest absolute Gasteiger partial charge is 0.261 e. The molecule has 0 spiro atoms. The molecule has 0 saturated heterocycles. The van der Waals surface area contributed by atoms with Gasteiger partial charge in [-0.2, -0.15) is 0 Å². The van der Waals surface area contributed by atoms with Crippen LogP contribution in [0, 0.1) is 12.8 Å². The van der Waals surface area contributed by atoms with E-state index in [1.807, 2.05) is 46.8 Å². The summed E-state index contributed by atoms with van der Waals surface area (Å²) < 4.78 is 29.3. The maximum Gasteiger partial charge on any atom is 0.261 e. The average molecular weight is 465 g/mol. The lowest BCUT2D eigenvalue weighted by Gasteiger charge is -2.22. The first-order chi connectivity index (χ1) is 12.9. The van der Waals surface area contributed by atoms with Crippen molar-refractivity contribution in [2.45, 2.75) is 44.9 Å². The first kappa shape index (κ1) is 20.9. The van der Waals surface area contributed by atoms with Crippen molar-refractivity contribution in [2.75, 3.05) is 16.2 Å². The number of anilines is 2. The van der Waals surface area contributed by atoms with Crippen LogP contribution < -0.4 is 9.62 Å². The number of nitrogens with zero attached hydrogens (tertiary/aromatic N) is 1. The molecule has 0 bridgehead atoms. The Labute approximate surface area is 175 Å². The maximum atomic E-state index is 13.0. The molecule has 1 aliphatic rings. The molecule has 150 valence electrons. The van der Waals surface area contributed by atoms with E-state index in [-0.39, 0.29) is 22.1 Å². The van der Waals surface area contributed by atoms with Crippen LogP contribution in [0.1, 0.15) is 38.8 Å². The Morgan fingerprint density at radius 2 is 1.86 bits per heavy atom. The SMILES string of the molecule is Cc1ccc(NS(=O)(=O)c2ccc3c(c2)C(C)(C)CN3C(=O)C(C)C)c(Br)c1. The number of hydrogen-bond acceptors (Lipinski definition) is 3. The largest absolute Gasteiger partial charge is 0.311 e. The minimum absolute atomic E-state index is 0.0455. The number of benzene rings is 2. The van der Waals surface area contributed by atoms with Crippen molar-refractivity contribution in [2.24, 2.45) is 5.92 Å². The summed E-state index contributed by atoms with van der Waals surface area (Å²) in [4.78, 5) is 14.5. The molecular weight excluding hydrogens is 440 g/mol. The highest BCUT2D eigenvalue weighted by Gasteiger charge is 2.39. The van der Waals surface area contributed by atoms with Crippen molar-refractivity contribution < 1.29 is 13.2 Å². The van der Waals surface area contributed by atoms with Crippen LogP contribution in [-0.2, 0) is 20.2 Å². The van der Waals surface area contributed by atoms with Gasteiger partial charge in [0, 0.05) is 28.0 Å². The van der Waals surface area contributed by atoms with Crippen molar-refractivity contribution >= 4 is 43.2 Å². The van der Waals surface area contributed by atoms with Crippen molar-refractivity contribution in [3.63, 3.8) is 0 Å². The van der Waals surface area contributed by atoms with Crippen molar-refractivity contribution in [3.8, 4) is 0 Å². The van der Waals surface area contributed by atoms with Crippen molar-refractivity contribution in [3.05, 3.63) is 52.0 Å². The molecule has 5 nitrogen and oxygen atoms in total. The number of fused-ring (bicyclic) bond motifs is 1. The fraction of sp³-hybridized carbons (Fsp3) is 0.381. The van der Waals surface area contributed by atoms with Gasteiger partial charge in [-0.1, -0.05) is 33.8 Å². The summed E-state index contributed by atoms with van der Waals surface area (Å²) >= 11 is 3.41. The molecular formula is C21H25BrN2O3S. The lowest BCUT2D eigenvalue weighted by Crippen LogP contribution is -2.36. The molecule has 0 fully saturated rings. The van der Waals surface area contributed by atoms with Crippen molar-refractivity contribution in [1.29, 1.82) is 0 Å². The molecule has 2 aromatic rings. The predicted octanol–water partition coefficient (Wildman–Crippen LogP) is 4.84. The van der Waals surface area contributed by atoms with Gasteiger partial charge in [0.1, 0.15) is 0 Å². The van der Waals surface area contributed by atoms with Crippen LogP contribution in [0.2, 0.25) is 0 Å². The van der Waals surface area contributed by atoms with Crippen LogP contribution in [0.5, 0.6) is 0 Å². The van der Waals surface area contributed by atoms with Crippen LogP contribution in [0.4, 0.5) is 11.4 Å². The van der Waals surface area contributed by atoms with E-state index in [4.69, 9.17) is 0 Å². The van der Waals surface area contributed by atoms with Crippen LogP contribution >= 0.6 is 15.9 Å². The van der Waals surface area contributed by atoms with E-state index in [1.54, 1.807) is 29.2 Å². The molecule has 0 unspecified atom stereocenters. The minimum Gasteiger partial charge on any atom is -0.311 e. The zero-order valence-electron chi connectivity index (χ0n) is 16.7. The van der Waals surface area contributed by atoms with Gasteiger partial charge in [-0.15, -0.1) is 0 Å². The van der Waals surface area contributed by atoms with Crippen LogP contribution in [0.3, 0.4) is 0 Å². The standard InChI is InChI=1S/C21H25BrN2O3S/c1-13(2)20(25)24-12-21(4,5)16-11-15(7-9-19(16)24)28(26,27)23-18-8-6-14(3)10-17(18)22/h6-11,13,23H,12H2,1-5H3. The topological polar surface area (TPSA) is 66.5 Å². The molecule has 28 heavy (non-hydrogen) atoms. The van der Waals surface area contributed by atoms with Gasteiger partial charge in [-0.25, -0.2) is 8.42 Å². The summed E-state index contributed by atoms with van der Waals surface area (Å²) in [5, 5.41) is 0. The molecule has 0 saturated carbocycles. The fourth-order valence-corrected chi connectivity index (χ4v) is 5.27. The maximum absolute atomic E-state index is 13.0.